The van der Waals surface area contributed by atoms with E-state index in [0.29, 0.717) is 58.6 Å². The van der Waals surface area contributed by atoms with Gasteiger partial charge in [-0.25, -0.2) is 4.98 Å². The van der Waals surface area contributed by atoms with Gasteiger partial charge in [0.05, 0.1) is 24.9 Å². The minimum atomic E-state index is -0.591. The number of imide groups is 1. The Morgan fingerprint density at radius 2 is 1.74 bits per heavy atom. The number of Topliss-reactive ketones (excluding diaryl/α,β-unsaturated/α-hetero) is 1. The molecule has 6 heterocycles. The lowest BCUT2D eigenvalue weighted by Gasteiger charge is -2.39. The van der Waals surface area contributed by atoms with E-state index < -0.39 is 6.04 Å². The first-order valence-corrected chi connectivity index (χ1v) is 24.8. The van der Waals surface area contributed by atoms with Crippen LogP contribution < -0.4 is 31.3 Å². The van der Waals surface area contributed by atoms with Gasteiger partial charge < -0.3 is 40.6 Å². The lowest BCUT2D eigenvalue weighted by atomic mass is 9.91. The van der Waals surface area contributed by atoms with E-state index in [4.69, 9.17) is 15.5 Å². The van der Waals surface area contributed by atoms with Gasteiger partial charge >= 0.3 is 0 Å². The van der Waals surface area contributed by atoms with Gasteiger partial charge in [0, 0.05) is 112 Å². The molecule has 0 spiro atoms. The van der Waals surface area contributed by atoms with Crippen molar-refractivity contribution in [3.63, 3.8) is 0 Å². The number of anilines is 3. The number of hydrogen-bond donors (Lipinski definition) is 4. The topological polar surface area (TPSA) is 212 Å². The van der Waals surface area contributed by atoms with Crippen molar-refractivity contribution >= 4 is 58.5 Å². The average Bonchev–Trinajstić information content (AvgIpc) is 3.91. The number of likely N-dealkylation sites (tertiary alicyclic amines) is 1. The fourth-order valence-corrected chi connectivity index (χ4v) is 10.3. The fourth-order valence-electron chi connectivity index (χ4n) is 10.3. The van der Waals surface area contributed by atoms with Gasteiger partial charge in [0.2, 0.25) is 11.8 Å². The van der Waals surface area contributed by atoms with Crippen LogP contribution in [0, 0.1) is 5.92 Å². The molecule has 2 aromatic carbocycles. The van der Waals surface area contributed by atoms with Gasteiger partial charge in [0.1, 0.15) is 17.6 Å². The first kappa shape index (κ1) is 49.2. The maximum atomic E-state index is 13.4. The zero-order chi connectivity index (χ0) is 48.4. The van der Waals surface area contributed by atoms with E-state index in [1.54, 1.807) is 53.1 Å². The highest BCUT2D eigenvalue weighted by Crippen LogP contribution is 2.32. The molecule has 1 unspecified atom stereocenters. The number of nitrogens with one attached hydrogen (secondary N) is 3. The van der Waals surface area contributed by atoms with Crippen molar-refractivity contribution in [2.45, 2.75) is 103 Å². The van der Waals surface area contributed by atoms with E-state index >= 15 is 0 Å². The largest absolute Gasteiger partial charge is 0.496 e. The molecule has 4 amide bonds. The molecule has 9 rings (SSSR count). The van der Waals surface area contributed by atoms with Crippen LogP contribution in [-0.4, -0.2) is 149 Å². The van der Waals surface area contributed by atoms with E-state index in [1.807, 2.05) is 25.1 Å². The van der Waals surface area contributed by atoms with Gasteiger partial charge in [-0.05, 0) is 119 Å². The zero-order valence-corrected chi connectivity index (χ0v) is 40.3. The Bertz CT molecular complexity index is 2500. The number of ketones is 1. The molecule has 5 aliphatic rings. The Labute approximate surface area is 404 Å². The number of carbonyl (C=O) groups is 5. The number of nitrogen functional groups attached to an aromatic ring is 1. The standard InChI is InChI=1S/C46H58N12O5.C5H10O/c1-63-40-25-38(47)31(24-37(40)44(60)52-42-27-50-41-3-2-14-51-58(41)42)26-49-34-6-4-33(5-7-34)48-15-18-54-16-12-30(13-17-54)28-55-19-21-56(22-20-55)35-8-9-36-32(23-35)29-57(46(36)62)39-10-11-43(59)53-45(39)61;1-3-4-5(2)6/h2-3,8-9,14,23-27,30,33-34,39,48H,4-7,10-13,15-22,28-29,47H2,1H3,(H,52,60)(H,53,59,61);3-4H2,1-2H3. The highest BCUT2D eigenvalue weighted by molar-refractivity contribution is 6.08. The van der Waals surface area contributed by atoms with Crippen LogP contribution in [0.3, 0.4) is 0 Å². The van der Waals surface area contributed by atoms with Gasteiger partial charge in [0.15, 0.2) is 11.5 Å². The first-order chi connectivity index (χ1) is 33.5. The molecule has 4 aliphatic heterocycles. The monoisotopic (exact) mass is 945 g/mol. The van der Waals surface area contributed by atoms with E-state index in [1.165, 1.54) is 20.0 Å². The molecular weight excluding hydrogens is 877 g/mol. The normalized spacial score (nSPS) is 21.6. The highest BCUT2D eigenvalue weighted by Gasteiger charge is 2.39. The third-order valence-electron chi connectivity index (χ3n) is 14.2. The molecule has 18 heteroatoms. The maximum absolute atomic E-state index is 13.4. The number of fused-ring (bicyclic) bond motifs is 2. The predicted molar refractivity (Wildman–Crippen MR) is 266 cm³/mol. The number of amides is 4. The quantitative estimate of drug-likeness (QED) is 0.0733. The minimum Gasteiger partial charge on any atom is -0.496 e. The molecule has 69 heavy (non-hydrogen) atoms. The molecule has 0 bridgehead atoms. The summed E-state index contributed by atoms with van der Waals surface area (Å²) in [6, 6.07) is 13.2. The van der Waals surface area contributed by atoms with Gasteiger partial charge in [-0.1, -0.05) is 6.92 Å². The van der Waals surface area contributed by atoms with Crippen molar-refractivity contribution in [3.05, 3.63) is 77.1 Å². The van der Waals surface area contributed by atoms with Gasteiger partial charge in [0.25, 0.3) is 11.8 Å². The minimum absolute atomic E-state index is 0.127. The Hall–Kier alpha value is -6.24. The zero-order valence-electron chi connectivity index (χ0n) is 40.3. The van der Waals surface area contributed by atoms with E-state index in [2.05, 4.69) is 46.8 Å². The third-order valence-corrected chi connectivity index (χ3v) is 14.2. The number of imidazole rings is 1. The molecular formula is C51H68N12O6. The molecule has 2 aromatic heterocycles. The van der Waals surface area contributed by atoms with Crippen LogP contribution in [0.15, 0.2) is 59.9 Å². The second kappa shape index (κ2) is 22.9. The SMILES string of the molecule is CCCC(C)=O.COc1cc(N)c(C=NC2CCC(NCCN3CCC(CN4CCN(c5ccc6c(c5)CN(C5CCC(=O)NC5=O)C6=O)CC4)CC3)CC2)cc1C(=O)Nc1cnc2cccnn12. The number of rotatable bonds is 15. The predicted octanol–water partition coefficient (Wildman–Crippen LogP) is 4.56. The smallest absolute Gasteiger partial charge is 0.260 e. The summed E-state index contributed by atoms with van der Waals surface area (Å²) in [4.78, 5) is 79.1. The molecule has 368 valence electrons. The van der Waals surface area contributed by atoms with Crippen molar-refractivity contribution in [3.8, 4) is 5.75 Å². The highest BCUT2D eigenvalue weighted by atomic mass is 16.5. The number of aliphatic imine (C=N–C) groups is 1. The van der Waals surface area contributed by atoms with Crippen molar-refractivity contribution in [2.24, 2.45) is 10.9 Å². The molecule has 1 aliphatic carbocycles. The molecule has 4 fully saturated rings. The molecule has 3 saturated heterocycles. The lowest BCUT2D eigenvalue weighted by Crippen LogP contribution is -2.52. The Morgan fingerprint density at radius 3 is 2.45 bits per heavy atom. The van der Waals surface area contributed by atoms with E-state index in [-0.39, 0.29) is 41.9 Å². The Kier molecular flexibility index (Phi) is 16.3. The summed E-state index contributed by atoms with van der Waals surface area (Å²) in [6.45, 7) is 13.5. The van der Waals surface area contributed by atoms with Crippen LogP contribution in [0.1, 0.15) is 110 Å². The van der Waals surface area contributed by atoms with Crippen LogP contribution in [0.25, 0.3) is 5.65 Å². The number of methoxy groups -OCH3 is 1. The van der Waals surface area contributed by atoms with Crippen LogP contribution in [0.4, 0.5) is 17.2 Å². The summed E-state index contributed by atoms with van der Waals surface area (Å²) in [6.07, 6.45) is 14.0. The molecule has 5 N–H and O–H groups in total. The Balaban J connectivity index is 0.00000101. The van der Waals surface area contributed by atoms with Gasteiger partial charge in [-0.15, -0.1) is 0 Å². The number of nitrogens with two attached hydrogens (primary N) is 1. The second-order valence-electron chi connectivity index (χ2n) is 19.1. The summed E-state index contributed by atoms with van der Waals surface area (Å²) in [5.41, 5.74) is 11.3. The summed E-state index contributed by atoms with van der Waals surface area (Å²) in [7, 11) is 1.52. The van der Waals surface area contributed by atoms with Crippen LogP contribution >= 0.6 is 0 Å². The van der Waals surface area contributed by atoms with Gasteiger partial charge in [-0.2, -0.15) is 9.61 Å². The van der Waals surface area contributed by atoms with Crippen LogP contribution in [0.2, 0.25) is 0 Å². The molecule has 0 radical (unpaired) electrons. The van der Waals surface area contributed by atoms with Crippen molar-refractivity contribution in [1.82, 2.24) is 39.9 Å². The molecule has 1 atom stereocenters. The summed E-state index contributed by atoms with van der Waals surface area (Å²) >= 11 is 0. The summed E-state index contributed by atoms with van der Waals surface area (Å²) in [5, 5.41) is 13.4. The third kappa shape index (κ3) is 12.3. The fraction of sp³-hybridized carbons (Fsp3) is 0.529. The Morgan fingerprint density at radius 1 is 0.957 bits per heavy atom. The number of ether oxygens (including phenoxy) is 1. The van der Waals surface area contributed by atoms with Crippen molar-refractivity contribution in [2.75, 3.05) is 82.0 Å². The van der Waals surface area contributed by atoms with Gasteiger partial charge in [-0.3, -0.25) is 34.4 Å². The number of carbonyl (C=O) groups excluding carboxylic acids is 5. The van der Waals surface area contributed by atoms with Crippen molar-refractivity contribution in [1.29, 1.82) is 0 Å². The lowest BCUT2D eigenvalue weighted by molar-refractivity contribution is -0.137. The average molecular weight is 945 g/mol. The maximum Gasteiger partial charge on any atom is 0.260 e. The van der Waals surface area contributed by atoms with E-state index in [0.717, 1.165) is 115 Å². The number of piperidine rings is 2. The number of hydrogen-bond acceptors (Lipinski definition) is 14. The molecule has 18 nitrogen and oxygen atoms in total. The van der Waals surface area contributed by atoms with Crippen LogP contribution in [-0.2, 0) is 20.9 Å². The molecule has 4 aromatic rings. The van der Waals surface area contributed by atoms with Crippen molar-refractivity contribution < 1.29 is 28.7 Å². The first-order valence-electron chi connectivity index (χ1n) is 24.8. The summed E-state index contributed by atoms with van der Waals surface area (Å²) < 4.78 is 7.07. The number of benzene rings is 2. The van der Waals surface area contributed by atoms with Crippen LogP contribution in [0.5, 0.6) is 5.75 Å². The molecule has 1 saturated carbocycles. The number of piperazine rings is 1. The summed E-state index contributed by atoms with van der Waals surface area (Å²) in [5.74, 6) is 0.720. The van der Waals surface area contributed by atoms with E-state index in [9.17, 15) is 24.0 Å². The number of aromatic nitrogens is 3. The number of nitrogens with zero attached hydrogens (tertiary/aromatic N) is 8. The second-order valence-corrected chi connectivity index (χ2v) is 19.1.